The summed E-state index contributed by atoms with van der Waals surface area (Å²) in [5.74, 6) is -0.543. The largest absolute Gasteiger partial charge is 0.494 e. The van der Waals surface area contributed by atoms with Crippen LogP contribution in [0, 0.1) is 0 Å². The fourth-order valence-corrected chi connectivity index (χ4v) is 5.15. The van der Waals surface area contributed by atoms with Gasteiger partial charge in [-0.2, -0.15) is 0 Å². The third-order valence-electron chi connectivity index (χ3n) is 6.41. The van der Waals surface area contributed by atoms with Gasteiger partial charge in [0.2, 0.25) is 0 Å². The lowest BCUT2D eigenvalue weighted by Gasteiger charge is -2.18. The lowest BCUT2D eigenvalue weighted by Crippen LogP contribution is -2.32. The minimum Gasteiger partial charge on any atom is -0.494 e. The summed E-state index contributed by atoms with van der Waals surface area (Å²) in [6.45, 7) is 3.99. The zero-order valence-corrected chi connectivity index (χ0v) is 23.0. The predicted molar refractivity (Wildman–Crippen MR) is 157 cm³/mol. The van der Waals surface area contributed by atoms with Crippen molar-refractivity contribution in [2.24, 2.45) is 7.05 Å². The number of nitrogens with one attached hydrogen (secondary N) is 1. The standard InChI is InChI=1S/C31H27N3O5S/c1-4-38-22-16-14-20(15-17-22)25-18-40-31(32-25)33-28(35)19(2)39-30(37)27-26(21-10-6-5-7-11-21)23-12-8-9-13-24(23)29(36)34(27)3/h5-19H,4H2,1-3H3,(H,32,33,35). The first kappa shape index (κ1) is 26.8. The number of anilines is 1. The van der Waals surface area contributed by atoms with Crippen molar-refractivity contribution in [3.8, 4) is 28.1 Å². The highest BCUT2D eigenvalue weighted by molar-refractivity contribution is 7.14. The summed E-state index contributed by atoms with van der Waals surface area (Å²) in [6.07, 6.45) is -1.14. The number of carbonyl (C=O) groups excluding carboxylic acids is 2. The van der Waals surface area contributed by atoms with E-state index >= 15 is 0 Å². The van der Waals surface area contributed by atoms with Crippen LogP contribution in [0.3, 0.4) is 0 Å². The summed E-state index contributed by atoms with van der Waals surface area (Å²) in [5, 5.41) is 6.04. The first-order valence-electron chi connectivity index (χ1n) is 12.7. The van der Waals surface area contributed by atoms with Crippen LogP contribution in [0.4, 0.5) is 5.13 Å². The van der Waals surface area contributed by atoms with E-state index in [9.17, 15) is 14.4 Å². The second-order valence-electron chi connectivity index (χ2n) is 9.03. The van der Waals surface area contributed by atoms with E-state index in [1.807, 2.05) is 73.0 Å². The van der Waals surface area contributed by atoms with Crippen molar-refractivity contribution in [3.63, 3.8) is 0 Å². The van der Waals surface area contributed by atoms with E-state index in [1.54, 1.807) is 18.2 Å². The molecule has 0 aliphatic rings. The molecule has 0 aliphatic heterocycles. The van der Waals surface area contributed by atoms with E-state index in [4.69, 9.17) is 9.47 Å². The van der Waals surface area contributed by atoms with Crippen LogP contribution >= 0.6 is 11.3 Å². The lowest BCUT2D eigenvalue weighted by molar-refractivity contribution is -0.123. The second-order valence-corrected chi connectivity index (χ2v) is 9.89. The van der Waals surface area contributed by atoms with Crippen LogP contribution in [-0.2, 0) is 16.6 Å². The number of aromatic nitrogens is 2. The molecule has 3 aromatic carbocycles. The van der Waals surface area contributed by atoms with E-state index in [0.29, 0.717) is 33.8 Å². The Kier molecular flexibility index (Phi) is 7.75. The molecule has 0 fully saturated rings. The van der Waals surface area contributed by atoms with Gasteiger partial charge in [-0.15, -0.1) is 11.3 Å². The molecule has 0 saturated heterocycles. The molecule has 0 spiro atoms. The number of hydrogen-bond acceptors (Lipinski definition) is 7. The quantitative estimate of drug-likeness (QED) is 0.240. The molecule has 1 unspecified atom stereocenters. The van der Waals surface area contributed by atoms with Gasteiger partial charge in [-0.1, -0.05) is 48.5 Å². The number of ether oxygens (including phenoxy) is 2. The highest BCUT2D eigenvalue weighted by atomic mass is 32.1. The fourth-order valence-electron chi connectivity index (χ4n) is 4.43. The third-order valence-corrected chi connectivity index (χ3v) is 7.17. The Bertz CT molecular complexity index is 1740. The maximum Gasteiger partial charge on any atom is 0.356 e. The molecule has 0 saturated carbocycles. The van der Waals surface area contributed by atoms with Crippen LogP contribution in [0.5, 0.6) is 5.75 Å². The number of fused-ring (bicyclic) bond motifs is 1. The Morgan fingerprint density at radius 3 is 2.33 bits per heavy atom. The average molecular weight is 554 g/mol. The summed E-state index contributed by atoms with van der Waals surface area (Å²) in [5.41, 5.74) is 2.64. The van der Waals surface area contributed by atoms with Crippen LogP contribution in [0.15, 0.2) is 89.0 Å². The number of thiazole rings is 1. The normalized spacial score (nSPS) is 11.7. The molecule has 9 heteroatoms. The minimum atomic E-state index is -1.14. The van der Waals surface area contributed by atoms with Crippen molar-refractivity contribution in [3.05, 3.63) is 100 Å². The fraction of sp³-hybridized carbons (Fsp3) is 0.161. The van der Waals surface area contributed by atoms with Gasteiger partial charge in [-0.3, -0.25) is 14.9 Å². The number of nitrogens with zero attached hydrogens (tertiary/aromatic N) is 2. The van der Waals surface area contributed by atoms with Gasteiger partial charge in [0.15, 0.2) is 11.2 Å². The Balaban J connectivity index is 1.37. The minimum absolute atomic E-state index is 0.0709. The summed E-state index contributed by atoms with van der Waals surface area (Å²) >= 11 is 1.27. The van der Waals surface area contributed by atoms with E-state index in [-0.39, 0.29) is 11.3 Å². The van der Waals surface area contributed by atoms with Gasteiger partial charge in [-0.25, -0.2) is 9.78 Å². The van der Waals surface area contributed by atoms with Gasteiger partial charge in [0.25, 0.3) is 11.5 Å². The molecule has 1 atom stereocenters. The van der Waals surface area contributed by atoms with Gasteiger partial charge >= 0.3 is 5.97 Å². The highest BCUT2D eigenvalue weighted by Crippen LogP contribution is 2.31. The predicted octanol–water partition coefficient (Wildman–Crippen LogP) is 5.91. The SMILES string of the molecule is CCOc1ccc(-c2csc(NC(=O)C(C)OC(=O)c3c(-c4ccccc4)c4ccccc4c(=O)n3C)n2)cc1. The Morgan fingerprint density at radius 1 is 0.950 bits per heavy atom. The number of rotatable bonds is 8. The smallest absolute Gasteiger partial charge is 0.356 e. The molecule has 5 rings (SSSR count). The molecule has 1 amide bonds. The van der Waals surface area contributed by atoms with Crippen molar-refractivity contribution in [1.29, 1.82) is 0 Å². The van der Waals surface area contributed by atoms with Crippen LogP contribution in [0.1, 0.15) is 24.3 Å². The maximum absolute atomic E-state index is 13.5. The van der Waals surface area contributed by atoms with E-state index in [1.165, 1.54) is 29.9 Å². The Morgan fingerprint density at radius 2 is 1.62 bits per heavy atom. The monoisotopic (exact) mass is 553 g/mol. The number of amides is 1. The average Bonchev–Trinajstić information content (AvgIpc) is 3.44. The molecule has 2 heterocycles. The van der Waals surface area contributed by atoms with Crippen molar-refractivity contribution >= 4 is 39.1 Å². The molecule has 2 aromatic heterocycles. The molecular formula is C31H27N3O5S. The third kappa shape index (κ3) is 5.37. The van der Waals surface area contributed by atoms with Crippen molar-refractivity contribution in [1.82, 2.24) is 9.55 Å². The lowest BCUT2D eigenvalue weighted by atomic mass is 9.97. The van der Waals surface area contributed by atoms with E-state index < -0.39 is 18.0 Å². The van der Waals surface area contributed by atoms with Gasteiger partial charge in [0.1, 0.15) is 11.4 Å². The molecule has 1 N–H and O–H groups in total. The Labute approximate surface area is 234 Å². The number of pyridine rings is 1. The topological polar surface area (TPSA) is 99.5 Å². The molecule has 5 aromatic rings. The summed E-state index contributed by atoms with van der Waals surface area (Å²) in [6, 6.07) is 24.0. The van der Waals surface area contributed by atoms with E-state index in [2.05, 4.69) is 10.3 Å². The van der Waals surface area contributed by atoms with Gasteiger partial charge in [0.05, 0.1) is 12.3 Å². The number of carbonyl (C=O) groups is 2. The van der Waals surface area contributed by atoms with Crippen LogP contribution in [-0.4, -0.2) is 34.1 Å². The molecule has 0 radical (unpaired) electrons. The van der Waals surface area contributed by atoms with Crippen molar-refractivity contribution in [2.75, 3.05) is 11.9 Å². The molecule has 40 heavy (non-hydrogen) atoms. The molecule has 8 nitrogen and oxygen atoms in total. The second kappa shape index (κ2) is 11.5. The van der Waals surface area contributed by atoms with Crippen LogP contribution < -0.4 is 15.6 Å². The molecule has 0 aliphatic carbocycles. The maximum atomic E-state index is 13.5. The molecule has 202 valence electrons. The number of hydrogen-bond donors (Lipinski definition) is 1. The zero-order chi connectivity index (χ0) is 28.2. The number of esters is 1. The van der Waals surface area contributed by atoms with Crippen molar-refractivity contribution < 1.29 is 19.1 Å². The van der Waals surface area contributed by atoms with Gasteiger partial charge < -0.3 is 14.0 Å². The van der Waals surface area contributed by atoms with Crippen LogP contribution in [0.2, 0.25) is 0 Å². The van der Waals surface area contributed by atoms with E-state index in [0.717, 1.165) is 16.9 Å². The summed E-state index contributed by atoms with van der Waals surface area (Å²) in [4.78, 5) is 44.1. The zero-order valence-electron chi connectivity index (χ0n) is 22.2. The summed E-state index contributed by atoms with van der Waals surface area (Å²) < 4.78 is 12.4. The van der Waals surface area contributed by atoms with Crippen molar-refractivity contribution in [2.45, 2.75) is 20.0 Å². The molecule has 0 bridgehead atoms. The molecular weight excluding hydrogens is 526 g/mol. The van der Waals surface area contributed by atoms with Gasteiger partial charge in [0, 0.05) is 28.9 Å². The highest BCUT2D eigenvalue weighted by Gasteiger charge is 2.26. The van der Waals surface area contributed by atoms with Crippen LogP contribution in [0.25, 0.3) is 33.2 Å². The summed E-state index contributed by atoms with van der Waals surface area (Å²) in [7, 11) is 1.53. The van der Waals surface area contributed by atoms with Gasteiger partial charge in [-0.05, 0) is 55.1 Å². The first-order valence-corrected chi connectivity index (χ1v) is 13.6. The first-order chi connectivity index (χ1) is 19.4. The number of benzene rings is 3. The Hall–Kier alpha value is -4.76.